The Bertz CT molecular complexity index is 1930. The summed E-state index contributed by atoms with van der Waals surface area (Å²) in [6.07, 6.45) is 6.14. The van der Waals surface area contributed by atoms with E-state index in [2.05, 4.69) is 20.9 Å². The second-order valence-electron chi connectivity index (χ2n) is 11.8. The summed E-state index contributed by atoms with van der Waals surface area (Å²) in [4.78, 5) is 48.4. The minimum absolute atomic E-state index is 0.210. The predicted molar refractivity (Wildman–Crippen MR) is 173 cm³/mol. The fourth-order valence-electron chi connectivity index (χ4n) is 6.59. The lowest BCUT2D eigenvalue weighted by atomic mass is 9.96. The van der Waals surface area contributed by atoms with E-state index in [9.17, 15) is 14.4 Å². The highest BCUT2D eigenvalue weighted by Gasteiger charge is 2.34. The molecule has 1 fully saturated rings. The van der Waals surface area contributed by atoms with Crippen LogP contribution in [0.5, 0.6) is 0 Å². The molecule has 2 aromatic carbocycles. The minimum Gasteiger partial charge on any atom is -0.379 e. The standard InChI is InChI=1S/C35H36N6O4/c1-23-20-26-10-6-11-29-32(26)40(23)31(25-8-4-3-5-9-25)22-39(34(29)43)41-24(2)37-30-21-27(12-13-28(30)35(41)44)33(42)36-14-7-15-38-16-18-45-19-17-38/h3-5,8-9,11-13,20-22H,6-7,10,14-19H2,1-2H3,(H,36,42). The average Bonchev–Trinajstić information content (AvgIpc) is 3.33. The van der Waals surface area contributed by atoms with Crippen molar-refractivity contribution >= 4 is 34.0 Å². The summed E-state index contributed by atoms with van der Waals surface area (Å²) >= 11 is 0. The van der Waals surface area contributed by atoms with Crippen molar-refractivity contribution in [3.8, 4) is 0 Å². The van der Waals surface area contributed by atoms with E-state index in [1.54, 1.807) is 31.3 Å². The van der Waals surface area contributed by atoms with Crippen molar-refractivity contribution in [2.45, 2.75) is 33.1 Å². The number of carbonyl (C=O) groups excluding carboxylic acids is 2. The molecule has 10 nitrogen and oxygen atoms in total. The minimum atomic E-state index is -0.382. The van der Waals surface area contributed by atoms with Crippen LogP contribution in [0, 0.1) is 13.8 Å². The van der Waals surface area contributed by atoms with Gasteiger partial charge < -0.3 is 14.6 Å². The molecule has 1 N–H and O–H groups in total. The Balaban J connectivity index is 1.23. The van der Waals surface area contributed by atoms with Crippen LogP contribution >= 0.6 is 0 Å². The van der Waals surface area contributed by atoms with Crippen LogP contribution in [0.3, 0.4) is 0 Å². The smallest absolute Gasteiger partial charge is 0.280 e. The molecule has 7 rings (SSSR count). The zero-order chi connectivity index (χ0) is 31.1. The van der Waals surface area contributed by atoms with E-state index >= 15 is 0 Å². The van der Waals surface area contributed by atoms with Crippen LogP contribution in [0.15, 0.2) is 71.7 Å². The summed E-state index contributed by atoms with van der Waals surface area (Å²) < 4.78 is 8.86. The molecule has 1 aliphatic carbocycles. The third kappa shape index (κ3) is 5.30. The quantitative estimate of drug-likeness (QED) is 0.324. The third-order valence-electron chi connectivity index (χ3n) is 8.80. The second kappa shape index (κ2) is 11.9. The van der Waals surface area contributed by atoms with Crippen LogP contribution in [0.25, 0.3) is 22.2 Å². The first-order valence-electron chi connectivity index (χ1n) is 15.6. The van der Waals surface area contributed by atoms with E-state index in [4.69, 9.17) is 9.72 Å². The summed E-state index contributed by atoms with van der Waals surface area (Å²) in [5.41, 5.74) is 5.76. The molecule has 4 heterocycles. The van der Waals surface area contributed by atoms with E-state index in [1.165, 1.54) is 9.69 Å². The van der Waals surface area contributed by atoms with Gasteiger partial charge in [0.25, 0.3) is 17.4 Å². The molecule has 0 bridgehead atoms. The van der Waals surface area contributed by atoms with Crippen molar-refractivity contribution in [2.24, 2.45) is 0 Å². The van der Waals surface area contributed by atoms with Crippen molar-refractivity contribution in [2.75, 3.05) is 44.4 Å². The average molecular weight is 605 g/mol. The van der Waals surface area contributed by atoms with Gasteiger partial charge in [0, 0.05) is 36.5 Å². The largest absolute Gasteiger partial charge is 0.379 e. The molecular weight excluding hydrogens is 568 g/mol. The first-order valence-corrected chi connectivity index (χ1v) is 15.6. The molecule has 230 valence electrons. The first kappa shape index (κ1) is 28.9. The van der Waals surface area contributed by atoms with Crippen LogP contribution in [-0.2, 0) is 16.0 Å². The number of ether oxygens (including phenoxy) is 1. The van der Waals surface area contributed by atoms with Gasteiger partial charge in [-0.05, 0) is 69.5 Å². The van der Waals surface area contributed by atoms with Crippen LogP contribution in [0.4, 0.5) is 0 Å². The Morgan fingerprint density at radius 3 is 2.62 bits per heavy atom. The Morgan fingerprint density at radius 2 is 1.82 bits per heavy atom. The molecule has 45 heavy (non-hydrogen) atoms. The molecule has 0 spiro atoms. The van der Waals surface area contributed by atoms with Crippen molar-refractivity contribution in [1.29, 1.82) is 0 Å². The van der Waals surface area contributed by atoms with Crippen molar-refractivity contribution in [1.82, 2.24) is 24.4 Å². The van der Waals surface area contributed by atoms with Gasteiger partial charge in [0.2, 0.25) is 0 Å². The molecule has 2 amide bonds. The molecule has 2 aromatic heterocycles. The molecule has 0 atom stereocenters. The highest BCUT2D eigenvalue weighted by atomic mass is 16.5. The van der Waals surface area contributed by atoms with Crippen LogP contribution in [0.1, 0.15) is 51.5 Å². The van der Waals surface area contributed by atoms with Gasteiger partial charge in [-0.2, -0.15) is 4.68 Å². The number of allylic oxidation sites excluding steroid dienone is 1. The van der Waals surface area contributed by atoms with Gasteiger partial charge in [-0.1, -0.05) is 36.4 Å². The maximum atomic E-state index is 14.3. The normalized spacial score (nSPS) is 16.7. The monoisotopic (exact) mass is 604 g/mol. The van der Waals surface area contributed by atoms with Crippen molar-refractivity contribution < 1.29 is 14.3 Å². The van der Waals surface area contributed by atoms with E-state index in [1.807, 2.05) is 43.3 Å². The number of hydrogen-bond acceptors (Lipinski definition) is 6. The fraction of sp³-hybridized carbons (Fsp3) is 0.314. The molecular formula is C35H36N6O4. The number of nitrogens with zero attached hydrogens (tertiary/aromatic N) is 5. The van der Waals surface area contributed by atoms with E-state index < -0.39 is 0 Å². The number of benzene rings is 2. The number of morpholine rings is 1. The predicted octanol–water partition coefficient (Wildman–Crippen LogP) is 3.62. The molecule has 3 aliphatic rings. The van der Waals surface area contributed by atoms with Crippen LogP contribution in [-0.4, -0.2) is 70.3 Å². The molecule has 0 unspecified atom stereocenters. The summed E-state index contributed by atoms with van der Waals surface area (Å²) in [6, 6.07) is 16.9. The molecule has 4 aromatic rings. The zero-order valence-corrected chi connectivity index (χ0v) is 25.6. The number of aryl methyl sites for hydroxylation is 3. The van der Waals surface area contributed by atoms with E-state index in [-0.39, 0.29) is 17.4 Å². The number of fused-ring (bicyclic) bond motifs is 1. The molecule has 0 radical (unpaired) electrons. The zero-order valence-electron chi connectivity index (χ0n) is 25.6. The summed E-state index contributed by atoms with van der Waals surface area (Å²) in [6.45, 7) is 8.54. The number of carbonyl (C=O) groups is 2. The van der Waals surface area contributed by atoms with Gasteiger partial charge in [0.1, 0.15) is 5.82 Å². The van der Waals surface area contributed by atoms with Gasteiger partial charge in [0.05, 0.1) is 47.3 Å². The topological polar surface area (TPSA) is 102 Å². The molecule has 1 saturated heterocycles. The summed E-state index contributed by atoms with van der Waals surface area (Å²) in [5.74, 6) is -0.161. The van der Waals surface area contributed by atoms with Crippen LogP contribution < -0.4 is 15.9 Å². The van der Waals surface area contributed by atoms with Gasteiger partial charge in [-0.3, -0.25) is 19.3 Å². The molecule has 0 saturated carbocycles. The summed E-state index contributed by atoms with van der Waals surface area (Å²) in [5, 5.41) is 4.71. The second-order valence-corrected chi connectivity index (χ2v) is 11.8. The van der Waals surface area contributed by atoms with E-state index in [0.29, 0.717) is 34.4 Å². The molecule has 10 heteroatoms. The Labute approximate surface area is 261 Å². The van der Waals surface area contributed by atoms with Crippen LogP contribution in [0.2, 0.25) is 0 Å². The number of amides is 2. The number of aromatic nitrogens is 3. The highest BCUT2D eigenvalue weighted by Crippen LogP contribution is 2.37. The van der Waals surface area contributed by atoms with Gasteiger partial charge in [0.15, 0.2) is 0 Å². The number of rotatable bonds is 7. The Kier molecular flexibility index (Phi) is 7.68. The molecule has 2 aliphatic heterocycles. The lowest BCUT2D eigenvalue weighted by Crippen LogP contribution is -2.44. The Morgan fingerprint density at radius 1 is 1.02 bits per heavy atom. The third-order valence-corrected chi connectivity index (χ3v) is 8.80. The number of hydrogen-bond donors (Lipinski definition) is 1. The lowest BCUT2D eigenvalue weighted by Gasteiger charge is -2.26. The van der Waals surface area contributed by atoms with Crippen molar-refractivity contribution in [3.63, 3.8) is 0 Å². The van der Waals surface area contributed by atoms with Crippen molar-refractivity contribution in [3.05, 3.63) is 111 Å². The SMILES string of the molecule is Cc1cc2c3n1C(c1ccccc1)=CN(n1c(C)nc4cc(C(=O)NCCCN5CCOCC5)ccc4c1=O)C(=O)C3=CCC2. The summed E-state index contributed by atoms with van der Waals surface area (Å²) in [7, 11) is 0. The maximum absolute atomic E-state index is 14.3. The maximum Gasteiger partial charge on any atom is 0.280 e. The number of nitrogens with one attached hydrogen (secondary N) is 1. The van der Waals surface area contributed by atoms with Gasteiger partial charge in [-0.25, -0.2) is 9.99 Å². The van der Waals surface area contributed by atoms with E-state index in [0.717, 1.165) is 80.3 Å². The van der Waals surface area contributed by atoms with Gasteiger partial charge >= 0.3 is 0 Å². The fourth-order valence-corrected chi connectivity index (χ4v) is 6.59. The van der Waals surface area contributed by atoms with Gasteiger partial charge in [-0.15, -0.1) is 0 Å². The highest BCUT2D eigenvalue weighted by molar-refractivity contribution is 6.26. The first-order chi connectivity index (χ1) is 21.9. The Hall–Kier alpha value is -4.80. The lowest BCUT2D eigenvalue weighted by molar-refractivity contribution is -0.114.